The third-order valence-corrected chi connectivity index (χ3v) is 2.77. The summed E-state index contributed by atoms with van der Waals surface area (Å²) in [5.74, 6) is 1.79. The van der Waals surface area contributed by atoms with Gasteiger partial charge in [-0.05, 0) is 32.9 Å². The number of fused-ring (bicyclic) bond motifs is 1. The largest absolute Gasteiger partial charge is 0.365 e. The molecule has 1 N–H and O–H groups in total. The predicted octanol–water partition coefficient (Wildman–Crippen LogP) is 4.14. The van der Waals surface area contributed by atoms with Gasteiger partial charge < -0.3 is 5.32 Å². The molecule has 0 spiro atoms. The van der Waals surface area contributed by atoms with Crippen LogP contribution in [0.15, 0.2) is 24.3 Å². The quantitative estimate of drug-likeness (QED) is 0.834. The Morgan fingerprint density at radius 1 is 0.895 bits per heavy atom. The van der Waals surface area contributed by atoms with Crippen molar-refractivity contribution < 1.29 is 0 Å². The number of nitrogens with zero attached hydrogens (tertiary/aromatic N) is 2. The lowest BCUT2D eigenvalue weighted by Gasteiger charge is -2.24. The van der Waals surface area contributed by atoms with Gasteiger partial charge in [-0.15, -0.1) is 0 Å². The average Bonchev–Trinajstić information content (AvgIpc) is 2.25. The molecule has 0 aliphatic heterocycles. The van der Waals surface area contributed by atoms with Crippen molar-refractivity contribution in [1.82, 2.24) is 9.97 Å². The summed E-state index contributed by atoms with van der Waals surface area (Å²) in [7, 11) is 0. The number of para-hydroxylation sites is 1. The number of anilines is 1. The summed E-state index contributed by atoms with van der Waals surface area (Å²) in [6, 6.07) is 8.15. The van der Waals surface area contributed by atoms with Gasteiger partial charge >= 0.3 is 0 Å². The van der Waals surface area contributed by atoms with Crippen molar-refractivity contribution in [2.45, 2.75) is 52.5 Å². The van der Waals surface area contributed by atoms with E-state index in [4.69, 9.17) is 4.98 Å². The van der Waals surface area contributed by atoms with Crippen LogP contribution in [0.4, 0.5) is 5.82 Å². The first kappa shape index (κ1) is 13.8. The lowest BCUT2D eigenvalue weighted by molar-refractivity contribution is 0.546. The zero-order chi connectivity index (χ0) is 14.3. The number of aromatic nitrogens is 2. The van der Waals surface area contributed by atoms with Crippen LogP contribution in [0.5, 0.6) is 0 Å². The molecule has 1 aromatic heterocycles. The Kier molecular flexibility index (Phi) is 3.25. The van der Waals surface area contributed by atoms with Crippen LogP contribution in [0, 0.1) is 0 Å². The maximum absolute atomic E-state index is 4.74. The van der Waals surface area contributed by atoms with E-state index in [-0.39, 0.29) is 11.0 Å². The number of hydrogen-bond donors (Lipinski definition) is 1. The molecule has 0 aliphatic rings. The van der Waals surface area contributed by atoms with Crippen molar-refractivity contribution in [3.05, 3.63) is 30.1 Å². The van der Waals surface area contributed by atoms with Gasteiger partial charge in [0.15, 0.2) is 0 Å². The van der Waals surface area contributed by atoms with Gasteiger partial charge in [-0.25, -0.2) is 9.97 Å². The third-order valence-electron chi connectivity index (χ3n) is 2.77. The minimum atomic E-state index is -0.0572. The second-order valence-electron chi connectivity index (χ2n) is 7.04. The molecule has 19 heavy (non-hydrogen) atoms. The van der Waals surface area contributed by atoms with E-state index in [2.05, 4.69) is 57.9 Å². The summed E-state index contributed by atoms with van der Waals surface area (Å²) in [6.45, 7) is 12.8. The van der Waals surface area contributed by atoms with Crippen molar-refractivity contribution in [3.8, 4) is 0 Å². The van der Waals surface area contributed by atoms with E-state index in [0.717, 1.165) is 22.5 Å². The molecular weight excluding hydrogens is 234 g/mol. The molecule has 2 aromatic rings. The van der Waals surface area contributed by atoms with Gasteiger partial charge in [-0.1, -0.05) is 32.9 Å². The van der Waals surface area contributed by atoms with Gasteiger partial charge in [0.05, 0.1) is 5.52 Å². The van der Waals surface area contributed by atoms with Crippen LogP contribution in [0.2, 0.25) is 0 Å². The highest BCUT2D eigenvalue weighted by Gasteiger charge is 2.21. The van der Waals surface area contributed by atoms with E-state index in [9.17, 15) is 0 Å². The van der Waals surface area contributed by atoms with Crippen LogP contribution >= 0.6 is 0 Å². The topological polar surface area (TPSA) is 37.8 Å². The van der Waals surface area contributed by atoms with Crippen molar-refractivity contribution >= 4 is 16.7 Å². The second-order valence-corrected chi connectivity index (χ2v) is 7.04. The first-order valence-electron chi connectivity index (χ1n) is 6.72. The summed E-state index contributed by atoms with van der Waals surface area (Å²) in [4.78, 5) is 9.42. The molecular formula is C16H23N3. The minimum Gasteiger partial charge on any atom is -0.365 e. The summed E-state index contributed by atoms with van der Waals surface area (Å²) in [5, 5.41) is 4.56. The fourth-order valence-corrected chi connectivity index (χ4v) is 1.86. The van der Waals surface area contributed by atoms with Gasteiger partial charge in [-0.2, -0.15) is 0 Å². The molecule has 0 amide bonds. The Morgan fingerprint density at radius 2 is 1.53 bits per heavy atom. The maximum Gasteiger partial charge on any atom is 0.138 e. The standard InChI is InChI=1S/C16H23N3/c1-15(2,3)14-17-12-10-8-7-9-11(12)13(18-14)19-16(4,5)6/h7-10H,1-6H3,(H,17,18,19). The van der Waals surface area contributed by atoms with Gasteiger partial charge in [0, 0.05) is 16.3 Å². The highest BCUT2D eigenvalue weighted by molar-refractivity contribution is 5.89. The third kappa shape index (κ3) is 3.22. The van der Waals surface area contributed by atoms with Crippen LogP contribution < -0.4 is 5.32 Å². The minimum absolute atomic E-state index is 0.0215. The Labute approximate surface area is 115 Å². The average molecular weight is 257 g/mol. The molecule has 0 bridgehead atoms. The van der Waals surface area contributed by atoms with Crippen LogP contribution in [-0.4, -0.2) is 15.5 Å². The molecule has 3 heteroatoms. The molecule has 3 nitrogen and oxygen atoms in total. The van der Waals surface area contributed by atoms with Crippen molar-refractivity contribution in [2.75, 3.05) is 5.32 Å². The first-order valence-corrected chi connectivity index (χ1v) is 6.72. The Bertz CT molecular complexity index is 589. The fraction of sp³-hybridized carbons (Fsp3) is 0.500. The van der Waals surface area contributed by atoms with Crippen LogP contribution in [0.3, 0.4) is 0 Å². The number of rotatable bonds is 1. The summed E-state index contributed by atoms with van der Waals surface area (Å²) >= 11 is 0. The lowest BCUT2D eigenvalue weighted by Crippen LogP contribution is -2.28. The second kappa shape index (κ2) is 4.48. The summed E-state index contributed by atoms with van der Waals surface area (Å²) in [5.41, 5.74) is 0.916. The van der Waals surface area contributed by atoms with Gasteiger partial charge in [0.2, 0.25) is 0 Å². The smallest absolute Gasteiger partial charge is 0.138 e. The summed E-state index contributed by atoms with van der Waals surface area (Å²) < 4.78 is 0. The van der Waals surface area contributed by atoms with Crippen LogP contribution in [0.1, 0.15) is 47.4 Å². The maximum atomic E-state index is 4.74. The van der Waals surface area contributed by atoms with E-state index >= 15 is 0 Å². The SMILES string of the molecule is CC(C)(C)Nc1nc(C(C)(C)C)nc2ccccc12. The zero-order valence-corrected chi connectivity index (χ0v) is 12.7. The normalized spacial score (nSPS) is 12.7. The fourth-order valence-electron chi connectivity index (χ4n) is 1.86. The van der Waals surface area contributed by atoms with Crippen molar-refractivity contribution in [2.24, 2.45) is 0 Å². The van der Waals surface area contributed by atoms with E-state index < -0.39 is 0 Å². The number of benzene rings is 1. The Balaban J connectivity index is 2.65. The molecule has 0 radical (unpaired) electrons. The molecule has 1 aromatic carbocycles. The first-order chi connectivity index (χ1) is 8.67. The molecule has 1 heterocycles. The van der Waals surface area contributed by atoms with Crippen LogP contribution in [0.25, 0.3) is 10.9 Å². The Hall–Kier alpha value is -1.64. The molecule has 102 valence electrons. The van der Waals surface area contributed by atoms with Crippen molar-refractivity contribution in [3.63, 3.8) is 0 Å². The zero-order valence-electron chi connectivity index (χ0n) is 12.7. The lowest BCUT2D eigenvalue weighted by atomic mass is 9.95. The van der Waals surface area contributed by atoms with Gasteiger partial charge in [0.25, 0.3) is 0 Å². The molecule has 2 rings (SSSR count). The molecule has 0 atom stereocenters. The van der Waals surface area contributed by atoms with Crippen molar-refractivity contribution in [1.29, 1.82) is 0 Å². The predicted molar refractivity (Wildman–Crippen MR) is 81.6 cm³/mol. The van der Waals surface area contributed by atoms with Crippen LogP contribution in [-0.2, 0) is 5.41 Å². The van der Waals surface area contributed by atoms with E-state index in [1.165, 1.54) is 0 Å². The van der Waals surface area contributed by atoms with E-state index in [0.29, 0.717) is 0 Å². The number of nitrogens with one attached hydrogen (secondary N) is 1. The molecule has 0 fully saturated rings. The highest BCUT2D eigenvalue weighted by atomic mass is 15.1. The van der Waals surface area contributed by atoms with E-state index in [1.807, 2.05) is 18.2 Å². The van der Waals surface area contributed by atoms with Gasteiger partial charge in [0.1, 0.15) is 11.6 Å². The monoisotopic (exact) mass is 257 g/mol. The summed E-state index contributed by atoms with van der Waals surface area (Å²) in [6.07, 6.45) is 0. The van der Waals surface area contributed by atoms with E-state index in [1.54, 1.807) is 0 Å². The molecule has 0 saturated heterocycles. The molecule has 0 unspecified atom stereocenters. The van der Waals surface area contributed by atoms with Gasteiger partial charge in [-0.3, -0.25) is 0 Å². The Morgan fingerprint density at radius 3 is 2.11 bits per heavy atom. The highest BCUT2D eigenvalue weighted by Crippen LogP contribution is 2.27. The molecule has 0 saturated carbocycles. The molecule has 0 aliphatic carbocycles. The number of hydrogen-bond acceptors (Lipinski definition) is 3.